The number of carbonyl (C=O) groups is 1. The Morgan fingerprint density at radius 1 is 1.12 bits per heavy atom. The summed E-state index contributed by atoms with van der Waals surface area (Å²) >= 11 is 0. The molecule has 0 aliphatic heterocycles. The second kappa shape index (κ2) is 8.36. The van der Waals surface area contributed by atoms with E-state index >= 15 is 0 Å². The highest BCUT2D eigenvalue weighted by atomic mass is 16.5. The van der Waals surface area contributed by atoms with Crippen LogP contribution in [0.1, 0.15) is 40.9 Å². The van der Waals surface area contributed by atoms with E-state index in [1.54, 1.807) is 32.4 Å². The number of rotatable bonds is 8. The van der Waals surface area contributed by atoms with Crippen molar-refractivity contribution >= 4 is 5.97 Å². The summed E-state index contributed by atoms with van der Waals surface area (Å²) < 4.78 is 10.6. The summed E-state index contributed by atoms with van der Waals surface area (Å²) in [5.74, 6) is 0.483. The minimum Gasteiger partial charge on any atom is -0.493 e. The Balaban J connectivity index is 2.12. The Bertz CT molecular complexity index is 700. The molecule has 1 atom stereocenters. The van der Waals surface area contributed by atoms with Gasteiger partial charge in [-0.25, -0.2) is 4.79 Å². The van der Waals surface area contributed by atoms with Crippen molar-refractivity contribution in [3.63, 3.8) is 0 Å². The number of hydrogen-bond donors (Lipinski definition) is 2. The van der Waals surface area contributed by atoms with Crippen LogP contribution in [-0.2, 0) is 6.54 Å². The summed E-state index contributed by atoms with van der Waals surface area (Å²) in [6.07, 6.45) is 0.897. The maximum absolute atomic E-state index is 11.1. The van der Waals surface area contributed by atoms with Crippen molar-refractivity contribution in [1.29, 1.82) is 0 Å². The van der Waals surface area contributed by atoms with E-state index in [0.29, 0.717) is 23.6 Å². The lowest BCUT2D eigenvalue weighted by Crippen LogP contribution is -2.20. The molecule has 0 bridgehead atoms. The summed E-state index contributed by atoms with van der Waals surface area (Å²) in [7, 11) is 3.23. The number of methoxy groups -OCH3 is 2. The Labute approximate surface area is 142 Å². The number of carboxylic acids is 1. The second-order valence-electron chi connectivity index (χ2n) is 5.46. The van der Waals surface area contributed by atoms with Gasteiger partial charge in [-0.15, -0.1) is 0 Å². The molecule has 0 aliphatic carbocycles. The van der Waals surface area contributed by atoms with Gasteiger partial charge in [0.05, 0.1) is 19.8 Å². The van der Waals surface area contributed by atoms with Crippen molar-refractivity contribution in [3.8, 4) is 11.5 Å². The topological polar surface area (TPSA) is 67.8 Å². The fourth-order valence-corrected chi connectivity index (χ4v) is 2.62. The van der Waals surface area contributed by atoms with E-state index < -0.39 is 5.97 Å². The zero-order valence-corrected chi connectivity index (χ0v) is 14.2. The van der Waals surface area contributed by atoms with Crippen LogP contribution in [-0.4, -0.2) is 25.3 Å². The third kappa shape index (κ3) is 4.26. The molecule has 128 valence electrons. The van der Waals surface area contributed by atoms with E-state index in [0.717, 1.165) is 17.5 Å². The normalized spacial score (nSPS) is 11.8. The molecule has 2 rings (SSSR count). The average Bonchev–Trinajstić information content (AvgIpc) is 2.62. The molecular weight excluding hydrogens is 306 g/mol. The first-order valence-electron chi connectivity index (χ1n) is 7.86. The molecule has 0 aliphatic rings. The number of hydrogen-bond acceptors (Lipinski definition) is 4. The number of carboxylic acid groups (broad SMARTS) is 1. The van der Waals surface area contributed by atoms with Gasteiger partial charge in [-0.05, 0) is 41.8 Å². The Morgan fingerprint density at radius 3 is 2.50 bits per heavy atom. The highest BCUT2D eigenvalue weighted by molar-refractivity contribution is 5.87. The molecule has 2 aromatic carbocycles. The van der Waals surface area contributed by atoms with Crippen LogP contribution in [0.2, 0.25) is 0 Å². The van der Waals surface area contributed by atoms with E-state index in [9.17, 15) is 4.79 Å². The van der Waals surface area contributed by atoms with Gasteiger partial charge in [0.1, 0.15) is 0 Å². The molecule has 0 saturated heterocycles. The molecule has 5 heteroatoms. The van der Waals surface area contributed by atoms with Crippen LogP contribution in [0.15, 0.2) is 42.5 Å². The highest BCUT2D eigenvalue weighted by Crippen LogP contribution is 2.31. The first-order valence-corrected chi connectivity index (χ1v) is 7.86. The van der Waals surface area contributed by atoms with Crippen molar-refractivity contribution in [2.75, 3.05) is 14.2 Å². The maximum atomic E-state index is 11.1. The lowest BCUT2D eigenvalue weighted by Gasteiger charge is -2.19. The van der Waals surface area contributed by atoms with E-state index in [1.807, 2.05) is 24.3 Å². The fourth-order valence-electron chi connectivity index (χ4n) is 2.62. The Kier molecular flexibility index (Phi) is 6.21. The molecule has 24 heavy (non-hydrogen) atoms. The maximum Gasteiger partial charge on any atom is 0.335 e. The minimum absolute atomic E-state index is 0.137. The molecule has 0 saturated carbocycles. The van der Waals surface area contributed by atoms with Crippen LogP contribution in [0, 0.1) is 0 Å². The first-order chi connectivity index (χ1) is 11.6. The monoisotopic (exact) mass is 329 g/mol. The smallest absolute Gasteiger partial charge is 0.335 e. The van der Waals surface area contributed by atoms with Crippen molar-refractivity contribution in [2.24, 2.45) is 0 Å². The van der Waals surface area contributed by atoms with E-state index in [-0.39, 0.29) is 6.04 Å². The molecular formula is C19H23NO4. The summed E-state index contributed by atoms with van der Waals surface area (Å²) in [6.45, 7) is 2.69. The van der Waals surface area contributed by atoms with E-state index in [1.165, 1.54) is 0 Å². The fraction of sp³-hybridized carbons (Fsp3) is 0.316. The summed E-state index contributed by atoms with van der Waals surface area (Å²) in [4.78, 5) is 11.1. The molecule has 0 amide bonds. The van der Waals surface area contributed by atoms with Crippen molar-refractivity contribution in [1.82, 2.24) is 5.32 Å². The van der Waals surface area contributed by atoms with Gasteiger partial charge in [0, 0.05) is 12.6 Å². The summed E-state index contributed by atoms with van der Waals surface area (Å²) in [5.41, 5.74) is 2.34. The molecule has 0 spiro atoms. The minimum atomic E-state index is -0.913. The quantitative estimate of drug-likeness (QED) is 0.774. The Morgan fingerprint density at radius 2 is 1.88 bits per heavy atom. The molecule has 0 heterocycles. The Hall–Kier alpha value is -2.53. The number of aromatic carboxylic acids is 1. The molecule has 5 nitrogen and oxygen atoms in total. The van der Waals surface area contributed by atoms with Crippen LogP contribution < -0.4 is 14.8 Å². The predicted molar refractivity (Wildman–Crippen MR) is 92.8 cm³/mol. The van der Waals surface area contributed by atoms with Crippen molar-refractivity contribution in [3.05, 3.63) is 59.2 Å². The van der Waals surface area contributed by atoms with Gasteiger partial charge in [0.2, 0.25) is 0 Å². The van der Waals surface area contributed by atoms with Crippen molar-refractivity contribution < 1.29 is 19.4 Å². The van der Waals surface area contributed by atoms with Crippen LogP contribution in [0.3, 0.4) is 0 Å². The zero-order chi connectivity index (χ0) is 17.5. The van der Waals surface area contributed by atoms with Crippen LogP contribution in [0.4, 0.5) is 0 Å². The largest absolute Gasteiger partial charge is 0.493 e. The van der Waals surface area contributed by atoms with E-state index in [2.05, 4.69) is 12.2 Å². The van der Waals surface area contributed by atoms with Gasteiger partial charge < -0.3 is 19.9 Å². The zero-order valence-electron chi connectivity index (χ0n) is 14.2. The molecule has 1 unspecified atom stereocenters. The van der Waals surface area contributed by atoms with Gasteiger partial charge in [0.15, 0.2) is 11.5 Å². The number of nitrogens with one attached hydrogen (secondary N) is 1. The SMILES string of the molecule is CCC(NCc1cccc(C(=O)O)c1)c1ccc(OC)c(OC)c1. The molecule has 0 aromatic heterocycles. The van der Waals surface area contributed by atoms with Crippen LogP contribution >= 0.6 is 0 Å². The predicted octanol–water partition coefficient (Wildman–Crippen LogP) is 3.64. The van der Waals surface area contributed by atoms with Crippen LogP contribution in [0.25, 0.3) is 0 Å². The third-order valence-electron chi connectivity index (χ3n) is 3.94. The summed E-state index contributed by atoms with van der Waals surface area (Å²) in [6, 6.07) is 13.0. The highest BCUT2D eigenvalue weighted by Gasteiger charge is 2.13. The summed E-state index contributed by atoms with van der Waals surface area (Å²) in [5, 5.41) is 12.5. The van der Waals surface area contributed by atoms with Gasteiger partial charge in [-0.2, -0.15) is 0 Å². The van der Waals surface area contributed by atoms with E-state index in [4.69, 9.17) is 14.6 Å². The third-order valence-corrected chi connectivity index (χ3v) is 3.94. The number of ether oxygens (including phenoxy) is 2. The molecule has 0 radical (unpaired) electrons. The first kappa shape index (κ1) is 17.8. The van der Waals surface area contributed by atoms with Gasteiger partial charge >= 0.3 is 5.97 Å². The average molecular weight is 329 g/mol. The van der Waals surface area contributed by atoms with Crippen molar-refractivity contribution in [2.45, 2.75) is 25.9 Å². The van der Waals surface area contributed by atoms with Crippen LogP contribution in [0.5, 0.6) is 11.5 Å². The standard InChI is InChI=1S/C19H23NO4/c1-4-16(14-8-9-17(23-2)18(11-14)24-3)20-12-13-6-5-7-15(10-13)19(21)22/h5-11,16,20H,4,12H2,1-3H3,(H,21,22). The van der Waals surface area contributed by atoms with Gasteiger partial charge in [0.25, 0.3) is 0 Å². The molecule has 2 aromatic rings. The second-order valence-corrected chi connectivity index (χ2v) is 5.46. The van der Waals surface area contributed by atoms with Gasteiger partial charge in [-0.1, -0.05) is 25.1 Å². The molecule has 2 N–H and O–H groups in total. The number of benzene rings is 2. The van der Waals surface area contributed by atoms with Gasteiger partial charge in [-0.3, -0.25) is 0 Å². The lowest BCUT2D eigenvalue weighted by atomic mass is 10.0. The lowest BCUT2D eigenvalue weighted by molar-refractivity contribution is 0.0696. The molecule has 0 fully saturated rings.